The van der Waals surface area contributed by atoms with Crippen LogP contribution in [0.1, 0.15) is 23.3 Å². The zero-order valence-electron chi connectivity index (χ0n) is 14.3. The van der Waals surface area contributed by atoms with Gasteiger partial charge in [0, 0.05) is 28.6 Å². The van der Waals surface area contributed by atoms with Crippen LogP contribution in [0.2, 0.25) is 0 Å². The third-order valence-corrected chi connectivity index (χ3v) is 4.57. The average molecular weight is 398 g/mol. The molecule has 128 valence electrons. The summed E-state index contributed by atoms with van der Waals surface area (Å²) < 4.78 is 6.89. The molecule has 1 aromatic heterocycles. The van der Waals surface area contributed by atoms with Gasteiger partial charge in [-0.05, 0) is 49.7 Å². The number of furan rings is 1. The van der Waals surface area contributed by atoms with Crippen molar-refractivity contribution in [1.29, 1.82) is 0 Å². The van der Waals surface area contributed by atoms with Crippen molar-refractivity contribution in [2.24, 2.45) is 0 Å². The number of hydrogen-bond donors (Lipinski definition) is 1. The van der Waals surface area contributed by atoms with Crippen molar-refractivity contribution in [2.75, 3.05) is 5.32 Å². The van der Waals surface area contributed by atoms with Gasteiger partial charge in [0.1, 0.15) is 11.5 Å². The molecule has 0 bridgehead atoms. The van der Waals surface area contributed by atoms with Crippen LogP contribution in [0.15, 0.2) is 63.5 Å². The minimum Gasteiger partial charge on any atom is -0.461 e. The van der Waals surface area contributed by atoms with Crippen LogP contribution in [0.25, 0.3) is 11.3 Å². The monoisotopic (exact) mass is 397 g/mol. The number of benzene rings is 2. The molecule has 0 unspecified atom stereocenters. The van der Waals surface area contributed by atoms with Crippen molar-refractivity contribution in [3.63, 3.8) is 0 Å². The van der Waals surface area contributed by atoms with Crippen LogP contribution in [0.4, 0.5) is 5.69 Å². The molecule has 3 rings (SSSR count). The van der Waals surface area contributed by atoms with Gasteiger partial charge in [-0.3, -0.25) is 4.79 Å². The Morgan fingerprint density at radius 1 is 1.04 bits per heavy atom. The van der Waals surface area contributed by atoms with Crippen molar-refractivity contribution in [3.8, 4) is 11.3 Å². The van der Waals surface area contributed by atoms with Gasteiger partial charge >= 0.3 is 0 Å². The molecular weight excluding hydrogens is 378 g/mol. The summed E-state index contributed by atoms with van der Waals surface area (Å²) >= 11 is 3.43. The summed E-state index contributed by atoms with van der Waals surface area (Å²) in [6.45, 7) is 4.04. The lowest BCUT2D eigenvalue weighted by atomic mass is 10.1. The minimum absolute atomic E-state index is 0.00598. The standard InChI is InChI=1S/C21H20BrNO2/c1-14-3-10-19(15(2)13-14)23-21(24)12-9-18-8-11-20(25-18)16-4-6-17(22)7-5-16/h3-8,10-11,13H,9,12H2,1-2H3,(H,23,24). The van der Waals surface area contributed by atoms with Crippen LogP contribution in [-0.4, -0.2) is 5.91 Å². The topological polar surface area (TPSA) is 42.2 Å². The maximum absolute atomic E-state index is 12.2. The van der Waals surface area contributed by atoms with Gasteiger partial charge in [-0.2, -0.15) is 0 Å². The Morgan fingerprint density at radius 3 is 2.52 bits per heavy atom. The van der Waals surface area contributed by atoms with E-state index in [0.29, 0.717) is 12.8 Å². The number of carbonyl (C=O) groups is 1. The second-order valence-corrected chi connectivity index (χ2v) is 7.06. The molecule has 0 radical (unpaired) electrons. The average Bonchev–Trinajstić information content (AvgIpc) is 3.05. The van der Waals surface area contributed by atoms with E-state index in [1.54, 1.807) is 0 Å². The number of hydrogen-bond acceptors (Lipinski definition) is 2. The van der Waals surface area contributed by atoms with E-state index in [-0.39, 0.29) is 5.91 Å². The summed E-state index contributed by atoms with van der Waals surface area (Å²) in [6.07, 6.45) is 0.966. The Kier molecular flexibility index (Phi) is 5.39. The zero-order chi connectivity index (χ0) is 17.8. The van der Waals surface area contributed by atoms with E-state index in [4.69, 9.17) is 4.42 Å². The Labute approximate surface area is 156 Å². The molecule has 2 aromatic carbocycles. The van der Waals surface area contributed by atoms with Gasteiger partial charge in [-0.1, -0.05) is 45.8 Å². The van der Waals surface area contributed by atoms with Gasteiger partial charge < -0.3 is 9.73 Å². The Bertz CT molecular complexity index is 881. The lowest BCUT2D eigenvalue weighted by Crippen LogP contribution is -2.13. The highest BCUT2D eigenvalue weighted by atomic mass is 79.9. The number of nitrogens with one attached hydrogen (secondary N) is 1. The second kappa shape index (κ2) is 7.70. The van der Waals surface area contributed by atoms with E-state index in [1.807, 2.05) is 62.4 Å². The number of halogens is 1. The first-order chi connectivity index (χ1) is 12.0. The third-order valence-electron chi connectivity index (χ3n) is 4.04. The van der Waals surface area contributed by atoms with Crippen LogP contribution in [0.5, 0.6) is 0 Å². The van der Waals surface area contributed by atoms with E-state index in [1.165, 1.54) is 5.56 Å². The number of anilines is 1. The molecule has 0 aliphatic heterocycles. The lowest BCUT2D eigenvalue weighted by Gasteiger charge is -2.08. The highest BCUT2D eigenvalue weighted by Gasteiger charge is 2.09. The van der Waals surface area contributed by atoms with E-state index >= 15 is 0 Å². The molecule has 1 heterocycles. The van der Waals surface area contributed by atoms with Gasteiger partial charge in [0.05, 0.1) is 0 Å². The number of carbonyl (C=O) groups excluding carboxylic acids is 1. The van der Waals surface area contributed by atoms with Crippen LogP contribution in [0.3, 0.4) is 0 Å². The summed E-state index contributed by atoms with van der Waals surface area (Å²) in [5.74, 6) is 1.62. The summed E-state index contributed by atoms with van der Waals surface area (Å²) in [5.41, 5.74) is 4.15. The predicted molar refractivity (Wildman–Crippen MR) is 105 cm³/mol. The van der Waals surface area contributed by atoms with Crippen molar-refractivity contribution in [1.82, 2.24) is 0 Å². The van der Waals surface area contributed by atoms with Crippen LogP contribution < -0.4 is 5.32 Å². The second-order valence-electron chi connectivity index (χ2n) is 6.14. The highest BCUT2D eigenvalue weighted by Crippen LogP contribution is 2.24. The fourth-order valence-electron chi connectivity index (χ4n) is 2.68. The quantitative estimate of drug-likeness (QED) is 0.582. The van der Waals surface area contributed by atoms with Gasteiger partial charge in [0.25, 0.3) is 0 Å². The molecule has 0 aliphatic carbocycles. The summed E-state index contributed by atoms with van der Waals surface area (Å²) in [5, 5.41) is 2.97. The largest absolute Gasteiger partial charge is 0.461 e. The Balaban J connectivity index is 1.58. The van der Waals surface area contributed by atoms with E-state index in [2.05, 4.69) is 27.3 Å². The summed E-state index contributed by atoms with van der Waals surface area (Å²) in [6, 6.07) is 17.8. The fourth-order valence-corrected chi connectivity index (χ4v) is 2.95. The smallest absolute Gasteiger partial charge is 0.224 e. The van der Waals surface area contributed by atoms with Gasteiger partial charge in [0.2, 0.25) is 5.91 Å². The normalized spacial score (nSPS) is 10.7. The number of rotatable bonds is 5. The fraction of sp³-hybridized carbons (Fsp3) is 0.190. The molecule has 0 aliphatic rings. The van der Waals surface area contributed by atoms with Crippen molar-refractivity contribution in [3.05, 3.63) is 76.0 Å². The molecule has 1 amide bonds. The first kappa shape index (κ1) is 17.5. The van der Waals surface area contributed by atoms with Gasteiger partial charge in [-0.25, -0.2) is 0 Å². The van der Waals surface area contributed by atoms with Crippen LogP contribution >= 0.6 is 15.9 Å². The zero-order valence-corrected chi connectivity index (χ0v) is 15.9. The van der Waals surface area contributed by atoms with Crippen molar-refractivity contribution in [2.45, 2.75) is 26.7 Å². The SMILES string of the molecule is Cc1ccc(NC(=O)CCc2ccc(-c3ccc(Br)cc3)o2)c(C)c1. The van der Waals surface area contributed by atoms with Crippen molar-refractivity contribution >= 4 is 27.5 Å². The molecule has 0 saturated heterocycles. The van der Waals surface area contributed by atoms with Gasteiger partial charge in [0.15, 0.2) is 0 Å². The van der Waals surface area contributed by atoms with Gasteiger partial charge in [-0.15, -0.1) is 0 Å². The molecule has 3 aromatic rings. The lowest BCUT2D eigenvalue weighted by molar-refractivity contribution is -0.116. The molecule has 1 N–H and O–H groups in total. The number of aryl methyl sites for hydroxylation is 3. The molecule has 0 saturated carbocycles. The first-order valence-electron chi connectivity index (χ1n) is 8.23. The minimum atomic E-state index is -0.00598. The molecule has 0 fully saturated rings. The van der Waals surface area contributed by atoms with Crippen LogP contribution in [0, 0.1) is 13.8 Å². The maximum Gasteiger partial charge on any atom is 0.224 e. The predicted octanol–water partition coefficient (Wildman–Crippen LogP) is 5.90. The van der Waals surface area contributed by atoms with E-state index in [9.17, 15) is 4.79 Å². The third kappa shape index (κ3) is 4.60. The first-order valence-corrected chi connectivity index (χ1v) is 9.02. The molecule has 4 heteroatoms. The molecule has 3 nitrogen and oxygen atoms in total. The molecule has 0 atom stereocenters. The Hall–Kier alpha value is -2.33. The van der Waals surface area contributed by atoms with Crippen LogP contribution in [-0.2, 0) is 11.2 Å². The molecule has 25 heavy (non-hydrogen) atoms. The number of amides is 1. The van der Waals surface area contributed by atoms with E-state index < -0.39 is 0 Å². The summed E-state index contributed by atoms with van der Waals surface area (Å²) in [7, 11) is 0. The summed E-state index contributed by atoms with van der Waals surface area (Å²) in [4.78, 5) is 12.2. The molecular formula is C21H20BrNO2. The maximum atomic E-state index is 12.2. The molecule has 0 spiro atoms. The Morgan fingerprint density at radius 2 is 1.80 bits per heavy atom. The van der Waals surface area contributed by atoms with E-state index in [0.717, 1.165) is 32.8 Å². The highest BCUT2D eigenvalue weighted by molar-refractivity contribution is 9.10. The van der Waals surface area contributed by atoms with Crippen molar-refractivity contribution < 1.29 is 9.21 Å².